The van der Waals surface area contributed by atoms with Crippen molar-refractivity contribution in [2.45, 2.75) is 20.3 Å². The van der Waals surface area contributed by atoms with E-state index in [0.717, 1.165) is 29.0 Å². The van der Waals surface area contributed by atoms with Gasteiger partial charge in [-0.25, -0.2) is 0 Å². The molecule has 0 saturated heterocycles. The molecule has 1 aliphatic heterocycles. The Morgan fingerprint density at radius 3 is 2.23 bits per heavy atom. The van der Waals surface area contributed by atoms with Crippen LogP contribution in [-0.4, -0.2) is 48.9 Å². The second-order valence-electron chi connectivity index (χ2n) is 4.90. The fraction of sp³-hybridized carbons (Fsp3) is 0.562. The van der Waals surface area contributed by atoms with E-state index < -0.39 is 0 Å². The Hall–Kier alpha value is -1.30. The topological polar surface area (TPSA) is 71.3 Å². The van der Waals surface area contributed by atoms with E-state index in [1.54, 1.807) is 0 Å². The summed E-state index contributed by atoms with van der Waals surface area (Å²) >= 11 is 0. The zero-order chi connectivity index (χ0) is 15.2. The first-order valence-corrected chi connectivity index (χ1v) is 7.44. The highest BCUT2D eigenvalue weighted by atomic mass is 35.5. The van der Waals surface area contributed by atoms with E-state index in [4.69, 9.17) is 9.47 Å². The summed E-state index contributed by atoms with van der Waals surface area (Å²) in [5.41, 5.74) is 2.82. The number of halogens is 1. The SMILES string of the molecule is CCOc1cc2c(cc1OCC)C(C(CO)CO)=NCC2.Cl. The monoisotopic (exact) mass is 329 g/mol. The second-order valence-corrected chi connectivity index (χ2v) is 4.90. The van der Waals surface area contributed by atoms with Gasteiger partial charge in [0.2, 0.25) is 0 Å². The van der Waals surface area contributed by atoms with Crippen molar-refractivity contribution >= 4 is 18.1 Å². The van der Waals surface area contributed by atoms with Crippen LogP contribution in [0, 0.1) is 5.92 Å². The van der Waals surface area contributed by atoms with Gasteiger partial charge < -0.3 is 19.7 Å². The van der Waals surface area contributed by atoms with E-state index in [9.17, 15) is 10.2 Å². The molecule has 1 aromatic carbocycles. The number of fused-ring (bicyclic) bond motifs is 1. The van der Waals surface area contributed by atoms with E-state index in [2.05, 4.69) is 4.99 Å². The lowest BCUT2D eigenvalue weighted by atomic mass is 9.90. The van der Waals surface area contributed by atoms with Gasteiger partial charge in [0.05, 0.1) is 32.1 Å². The van der Waals surface area contributed by atoms with Crippen molar-refractivity contribution in [3.63, 3.8) is 0 Å². The van der Waals surface area contributed by atoms with Crippen LogP contribution in [0.5, 0.6) is 11.5 Å². The van der Waals surface area contributed by atoms with E-state index in [1.165, 1.54) is 0 Å². The number of hydrogen-bond acceptors (Lipinski definition) is 5. The van der Waals surface area contributed by atoms with Gasteiger partial charge in [0, 0.05) is 18.0 Å². The number of ether oxygens (including phenoxy) is 2. The first-order valence-electron chi connectivity index (χ1n) is 7.44. The van der Waals surface area contributed by atoms with Crippen LogP contribution < -0.4 is 9.47 Å². The predicted octanol–water partition coefficient (Wildman–Crippen LogP) is 1.85. The van der Waals surface area contributed by atoms with Crippen LogP contribution in [0.25, 0.3) is 0 Å². The Bertz CT molecular complexity index is 515. The Morgan fingerprint density at radius 2 is 1.68 bits per heavy atom. The molecular formula is C16H24ClNO4. The fourth-order valence-corrected chi connectivity index (χ4v) is 2.55. The third-order valence-corrected chi connectivity index (χ3v) is 3.54. The summed E-state index contributed by atoms with van der Waals surface area (Å²) in [7, 11) is 0. The molecule has 124 valence electrons. The zero-order valence-electron chi connectivity index (χ0n) is 13.0. The maximum atomic E-state index is 9.42. The van der Waals surface area contributed by atoms with Crippen LogP contribution in [0.3, 0.4) is 0 Å². The second kappa shape index (κ2) is 8.98. The molecule has 0 aliphatic carbocycles. The van der Waals surface area contributed by atoms with Crippen molar-refractivity contribution < 1.29 is 19.7 Å². The molecule has 0 spiro atoms. The first-order chi connectivity index (χ1) is 10.2. The van der Waals surface area contributed by atoms with Gasteiger partial charge in [0.1, 0.15) is 0 Å². The molecule has 1 aliphatic rings. The van der Waals surface area contributed by atoms with Crippen molar-refractivity contribution in [1.82, 2.24) is 0 Å². The Balaban J connectivity index is 0.00000242. The number of aliphatic imine (C=N–C) groups is 1. The fourth-order valence-electron chi connectivity index (χ4n) is 2.55. The lowest BCUT2D eigenvalue weighted by Crippen LogP contribution is -2.27. The van der Waals surface area contributed by atoms with Gasteiger partial charge in [0.15, 0.2) is 11.5 Å². The largest absolute Gasteiger partial charge is 0.490 e. The highest BCUT2D eigenvalue weighted by molar-refractivity contribution is 6.04. The Kier molecular flexibility index (Phi) is 7.65. The molecule has 0 atom stereocenters. The van der Waals surface area contributed by atoms with Crippen LogP contribution in [-0.2, 0) is 6.42 Å². The minimum absolute atomic E-state index is 0. The molecule has 0 fully saturated rings. The zero-order valence-corrected chi connectivity index (χ0v) is 13.9. The normalized spacial score (nSPS) is 13.2. The minimum Gasteiger partial charge on any atom is -0.490 e. The molecule has 0 unspecified atom stereocenters. The van der Waals surface area contributed by atoms with Crippen molar-refractivity contribution in [2.24, 2.45) is 10.9 Å². The van der Waals surface area contributed by atoms with E-state index in [-0.39, 0.29) is 31.5 Å². The highest BCUT2D eigenvalue weighted by Gasteiger charge is 2.24. The molecule has 6 heteroatoms. The third-order valence-electron chi connectivity index (χ3n) is 3.54. The molecule has 2 rings (SSSR count). The summed E-state index contributed by atoms with van der Waals surface area (Å²) in [4.78, 5) is 4.49. The molecule has 0 bridgehead atoms. The number of nitrogens with zero attached hydrogens (tertiary/aromatic N) is 1. The van der Waals surface area contributed by atoms with E-state index in [0.29, 0.717) is 25.5 Å². The molecule has 0 amide bonds. The van der Waals surface area contributed by atoms with Crippen molar-refractivity contribution in [3.05, 3.63) is 23.3 Å². The van der Waals surface area contributed by atoms with Crippen LogP contribution >= 0.6 is 12.4 Å². The number of benzene rings is 1. The molecule has 2 N–H and O–H groups in total. The standard InChI is InChI=1S/C16H23NO4.ClH/c1-3-20-14-7-11-5-6-17-16(12(9-18)10-19)13(11)8-15(14)21-4-2;/h7-8,12,18-19H,3-6,9-10H2,1-2H3;1H. The van der Waals surface area contributed by atoms with Crippen molar-refractivity contribution in [3.8, 4) is 11.5 Å². The van der Waals surface area contributed by atoms with Crippen LogP contribution in [0.2, 0.25) is 0 Å². The summed E-state index contributed by atoms with van der Waals surface area (Å²) in [5, 5.41) is 18.8. The van der Waals surface area contributed by atoms with Gasteiger partial charge in [-0.1, -0.05) is 0 Å². The summed E-state index contributed by atoms with van der Waals surface area (Å²) < 4.78 is 11.3. The molecule has 5 nitrogen and oxygen atoms in total. The van der Waals surface area contributed by atoms with Crippen molar-refractivity contribution in [1.29, 1.82) is 0 Å². The molecular weight excluding hydrogens is 306 g/mol. The smallest absolute Gasteiger partial charge is 0.161 e. The molecule has 22 heavy (non-hydrogen) atoms. The van der Waals surface area contributed by atoms with Crippen molar-refractivity contribution in [2.75, 3.05) is 33.0 Å². The summed E-state index contributed by atoms with van der Waals surface area (Å²) in [5.74, 6) is 1.07. The molecule has 1 heterocycles. The van der Waals surface area contributed by atoms with Gasteiger partial charge in [0.25, 0.3) is 0 Å². The minimum atomic E-state index is -0.350. The Morgan fingerprint density at radius 1 is 1.09 bits per heavy atom. The number of rotatable bonds is 7. The molecule has 0 aromatic heterocycles. The van der Waals surface area contributed by atoms with Gasteiger partial charge in [-0.3, -0.25) is 4.99 Å². The number of aliphatic hydroxyl groups excluding tert-OH is 2. The van der Waals surface area contributed by atoms with Crippen LogP contribution in [0.15, 0.2) is 17.1 Å². The number of hydrogen-bond donors (Lipinski definition) is 2. The van der Waals surface area contributed by atoms with Gasteiger partial charge in [-0.05, 0) is 38.0 Å². The van der Waals surface area contributed by atoms with Gasteiger partial charge >= 0.3 is 0 Å². The number of aliphatic hydroxyl groups is 2. The quantitative estimate of drug-likeness (QED) is 0.801. The van der Waals surface area contributed by atoms with Gasteiger partial charge in [-0.15, -0.1) is 12.4 Å². The summed E-state index contributed by atoms with van der Waals surface area (Å²) in [6.45, 7) is 5.42. The first kappa shape index (κ1) is 18.7. The maximum absolute atomic E-state index is 9.42. The maximum Gasteiger partial charge on any atom is 0.161 e. The lowest BCUT2D eigenvalue weighted by molar-refractivity contribution is 0.187. The molecule has 0 saturated carbocycles. The summed E-state index contributed by atoms with van der Waals surface area (Å²) in [6, 6.07) is 3.91. The van der Waals surface area contributed by atoms with Crippen LogP contribution in [0.1, 0.15) is 25.0 Å². The van der Waals surface area contributed by atoms with Gasteiger partial charge in [-0.2, -0.15) is 0 Å². The lowest BCUT2D eigenvalue weighted by Gasteiger charge is -2.24. The Labute approximate surface area is 137 Å². The van der Waals surface area contributed by atoms with Crippen LogP contribution in [0.4, 0.5) is 0 Å². The molecule has 0 radical (unpaired) electrons. The third kappa shape index (κ3) is 3.91. The molecule has 1 aromatic rings. The summed E-state index contributed by atoms with van der Waals surface area (Å²) in [6.07, 6.45) is 0.828. The average molecular weight is 330 g/mol. The highest BCUT2D eigenvalue weighted by Crippen LogP contribution is 2.34. The van der Waals surface area contributed by atoms with E-state index >= 15 is 0 Å². The van der Waals surface area contributed by atoms with E-state index in [1.807, 2.05) is 26.0 Å². The average Bonchev–Trinajstić information content (AvgIpc) is 2.50. The predicted molar refractivity (Wildman–Crippen MR) is 88.8 cm³/mol.